The number of hydrogen-bond acceptors (Lipinski definition) is 5. The minimum atomic E-state index is -0.610. The summed E-state index contributed by atoms with van der Waals surface area (Å²) in [7, 11) is 1.32. The van der Waals surface area contributed by atoms with E-state index in [1.807, 2.05) is 30.3 Å². The molecule has 0 aliphatic rings. The zero-order valence-corrected chi connectivity index (χ0v) is 13.6. The molecular formula is C16H15N3O4S. The summed E-state index contributed by atoms with van der Waals surface area (Å²) < 4.78 is 4.90. The molecule has 2 aromatic rings. The number of nitrogens with zero attached hydrogens (tertiary/aromatic N) is 1. The second-order valence-electron chi connectivity index (χ2n) is 4.77. The number of carbonyl (C=O) groups is 1. The zero-order valence-electron chi connectivity index (χ0n) is 12.8. The average Bonchev–Trinajstić information content (AvgIpc) is 2.60. The van der Waals surface area contributed by atoms with Gasteiger partial charge >= 0.3 is 5.69 Å². The number of nitro benzene ring substituents is 1. The van der Waals surface area contributed by atoms with Crippen molar-refractivity contribution in [1.82, 2.24) is 10.6 Å². The van der Waals surface area contributed by atoms with Crippen molar-refractivity contribution in [1.29, 1.82) is 0 Å². The Bertz CT molecular complexity index is 765. The summed E-state index contributed by atoms with van der Waals surface area (Å²) in [5.74, 6) is -0.451. The summed E-state index contributed by atoms with van der Waals surface area (Å²) in [5.41, 5.74) is 0.842. The number of amides is 1. The number of carbonyl (C=O) groups excluding carboxylic acids is 1. The van der Waals surface area contributed by atoms with Crippen molar-refractivity contribution < 1.29 is 14.5 Å². The smallest absolute Gasteiger partial charge is 0.311 e. The van der Waals surface area contributed by atoms with Gasteiger partial charge in [-0.05, 0) is 29.9 Å². The van der Waals surface area contributed by atoms with E-state index in [1.165, 1.54) is 19.2 Å². The van der Waals surface area contributed by atoms with E-state index in [1.54, 1.807) is 0 Å². The van der Waals surface area contributed by atoms with E-state index < -0.39 is 10.8 Å². The zero-order chi connectivity index (χ0) is 17.5. The highest BCUT2D eigenvalue weighted by Crippen LogP contribution is 2.27. The van der Waals surface area contributed by atoms with Crippen LogP contribution in [0.15, 0.2) is 48.5 Å². The van der Waals surface area contributed by atoms with Crippen LogP contribution in [-0.4, -0.2) is 23.1 Å². The molecule has 8 heteroatoms. The Balaban J connectivity index is 2.00. The molecule has 0 atom stereocenters. The molecule has 2 aromatic carbocycles. The molecule has 0 saturated heterocycles. The van der Waals surface area contributed by atoms with Gasteiger partial charge in [0, 0.05) is 18.2 Å². The summed E-state index contributed by atoms with van der Waals surface area (Å²) >= 11 is 5.06. The fourth-order valence-corrected chi connectivity index (χ4v) is 2.14. The Kier molecular flexibility index (Phi) is 5.80. The summed E-state index contributed by atoms with van der Waals surface area (Å²) in [5, 5.41) is 16.5. The molecule has 0 aromatic heterocycles. The fraction of sp³-hybridized carbons (Fsp3) is 0.125. The molecule has 0 bridgehead atoms. The Labute approximate surface area is 143 Å². The number of thiocarbonyl (C=S) groups is 1. The van der Waals surface area contributed by atoms with Gasteiger partial charge in [-0.1, -0.05) is 30.3 Å². The Morgan fingerprint density at radius 2 is 1.96 bits per heavy atom. The minimum Gasteiger partial charge on any atom is -0.490 e. The van der Waals surface area contributed by atoms with Crippen molar-refractivity contribution in [3.05, 3.63) is 69.8 Å². The van der Waals surface area contributed by atoms with Crippen molar-refractivity contribution in [2.24, 2.45) is 0 Å². The molecule has 0 fully saturated rings. The van der Waals surface area contributed by atoms with Crippen molar-refractivity contribution in [3.8, 4) is 5.75 Å². The highest BCUT2D eigenvalue weighted by Gasteiger charge is 2.18. The van der Waals surface area contributed by atoms with Gasteiger partial charge in [-0.3, -0.25) is 20.2 Å². The van der Waals surface area contributed by atoms with Crippen molar-refractivity contribution >= 4 is 28.9 Å². The first-order valence-electron chi connectivity index (χ1n) is 6.97. The van der Waals surface area contributed by atoms with E-state index in [0.717, 1.165) is 11.6 Å². The number of benzene rings is 2. The number of ether oxygens (including phenoxy) is 1. The lowest BCUT2D eigenvalue weighted by molar-refractivity contribution is -0.385. The second-order valence-corrected chi connectivity index (χ2v) is 5.17. The molecule has 2 N–H and O–H groups in total. The van der Waals surface area contributed by atoms with Crippen molar-refractivity contribution in [2.45, 2.75) is 6.54 Å². The molecule has 0 saturated carbocycles. The van der Waals surface area contributed by atoms with E-state index in [9.17, 15) is 14.9 Å². The van der Waals surface area contributed by atoms with Gasteiger partial charge in [0.15, 0.2) is 10.9 Å². The molecule has 7 nitrogen and oxygen atoms in total. The summed E-state index contributed by atoms with van der Waals surface area (Å²) in [6.07, 6.45) is 0. The van der Waals surface area contributed by atoms with Crippen LogP contribution in [0.1, 0.15) is 15.9 Å². The van der Waals surface area contributed by atoms with E-state index in [-0.39, 0.29) is 22.1 Å². The fourth-order valence-electron chi connectivity index (χ4n) is 1.97. The average molecular weight is 345 g/mol. The molecule has 0 aliphatic carbocycles. The molecular weight excluding hydrogens is 330 g/mol. The van der Waals surface area contributed by atoms with Crippen LogP contribution < -0.4 is 15.4 Å². The number of nitrogens with one attached hydrogen (secondary N) is 2. The van der Waals surface area contributed by atoms with Gasteiger partial charge in [0.1, 0.15) is 0 Å². The van der Waals surface area contributed by atoms with Crippen LogP contribution in [-0.2, 0) is 6.54 Å². The third kappa shape index (κ3) is 4.50. The second kappa shape index (κ2) is 8.02. The lowest BCUT2D eigenvalue weighted by Crippen LogP contribution is -2.38. The lowest BCUT2D eigenvalue weighted by Gasteiger charge is -2.10. The first-order chi connectivity index (χ1) is 11.5. The number of nitro groups is 1. The monoisotopic (exact) mass is 345 g/mol. The molecule has 0 radical (unpaired) electrons. The SMILES string of the molecule is COc1ccc(C(=O)NC(=S)NCc2ccccc2)cc1[N+](=O)[O-]. The van der Waals surface area contributed by atoms with Gasteiger partial charge in [-0.15, -0.1) is 0 Å². The Morgan fingerprint density at radius 3 is 2.58 bits per heavy atom. The van der Waals surface area contributed by atoms with Crippen LogP contribution in [0.2, 0.25) is 0 Å². The van der Waals surface area contributed by atoms with Crippen molar-refractivity contribution in [3.63, 3.8) is 0 Å². The molecule has 0 heterocycles. The highest BCUT2D eigenvalue weighted by atomic mass is 32.1. The Morgan fingerprint density at radius 1 is 1.25 bits per heavy atom. The molecule has 0 unspecified atom stereocenters. The van der Waals surface area contributed by atoms with Gasteiger partial charge in [0.05, 0.1) is 12.0 Å². The van der Waals surface area contributed by atoms with Crippen LogP contribution in [0.4, 0.5) is 5.69 Å². The molecule has 2 rings (SSSR count). The number of hydrogen-bond donors (Lipinski definition) is 2. The molecule has 0 spiro atoms. The van der Waals surface area contributed by atoms with Crippen molar-refractivity contribution in [2.75, 3.05) is 7.11 Å². The maximum Gasteiger partial charge on any atom is 0.311 e. The largest absolute Gasteiger partial charge is 0.490 e. The summed E-state index contributed by atoms with van der Waals surface area (Å²) in [4.78, 5) is 22.5. The first kappa shape index (κ1) is 17.4. The van der Waals surface area contributed by atoms with Crippen LogP contribution in [0, 0.1) is 10.1 Å². The molecule has 124 valence electrons. The van der Waals surface area contributed by atoms with Gasteiger partial charge in [-0.25, -0.2) is 0 Å². The number of methoxy groups -OCH3 is 1. The maximum absolute atomic E-state index is 12.1. The Hall–Kier alpha value is -3.00. The van der Waals surface area contributed by atoms with E-state index in [0.29, 0.717) is 6.54 Å². The predicted octanol–water partition coefficient (Wildman–Crippen LogP) is 2.41. The standard InChI is InChI=1S/C16H15N3O4S/c1-23-14-8-7-12(9-13(14)19(21)22)15(20)18-16(24)17-10-11-5-3-2-4-6-11/h2-9H,10H2,1H3,(H2,17,18,20,24). The summed E-state index contributed by atoms with van der Waals surface area (Å²) in [6, 6.07) is 13.5. The maximum atomic E-state index is 12.1. The molecule has 24 heavy (non-hydrogen) atoms. The highest BCUT2D eigenvalue weighted by molar-refractivity contribution is 7.80. The van der Waals surface area contributed by atoms with Crippen LogP contribution in [0.5, 0.6) is 5.75 Å². The topological polar surface area (TPSA) is 93.5 Å². The molecule has 1 amide bonds. The number of rotatable bonds is 5. The third-order valence-corrected chi connectivity index (χ3v) is 3.41. The third-order valence-electron chi connectivity index (χ3n) is 3.16. The lowest BCUT2D eigenvalue weighted by atomic mass is 10.1. The first-order valence-corrected chi connectivity index (χ1v) is 7.37. The van der Waals surface area contributed by atoms with Gasteiger partial charge in [0.2, 0.25) is 0 Å². The normalized spacial score (nSPS) is 9.88. The predicted molar refractivity (Wildman–Crippen MR) is 93.0 cm³/mol. The van der Waals surface area contributed by atoms with Crippen LogP contribution in [0.3, 0.4) is 0 Å². The van der Waals surface area contributed by atoms with Crippen LogP contribution in [0.25, 0.3) is 0 Å². The van der Waals surface area contributed by atoms with E-state index >= 15 is 0 Å². The van der Waals surface area contributed by atoms with E-state index in [4.69, 9.17) is 17.0 Å². The molecule has 0 aliphatic heterocycles. The van der Waals surface area contributed by atoms with E-state index in [2.05, 4.69) is 10.6 Å². The minimum absolute atomic E-state index is 0.0846. The summed E-state index contributed by atoms with van der Waals surface area (Å²) in [6.45, 7) is 0.461. The van der Waals surface area contributed by atoms with Crippen LogP contribution >= 0.6 is 12.2 Å². The van der Waals surface area contributed by atoms with Gasteiger partial charge < -0.3 is 10.1 Å². The van der Waals surface area contributed by atoms with Gasteiger partial charge in [0.25, 0.3) is 5.91 Å². The van der Waals surface area contributed by atoms with Gasteiger partial charge in [-0.2, -0.15) is 0 Å². The quantitative estimate of drug-likeness (QED) is 0.491.